The number of aromatic nitrogens is 2. The minimum absolute atomic E-state index is 0.216. The van der Waals surface area contributed by atoms with Gasteiger partial charge in [-0.3, -0.25) is 0 Å². The van der Waals surface area contributed by atoms with Crippen molar-refractivity contribution in [2.75, 3.05) is 0 Å². The Morgan fingerprint density at radius 3 is 2.70 bits per heavy atom. The quantitative estimate of drug-likeness (QED) is 0.444. The molecule has 1 heterocycles. The summed E-state index contributed by atoms with van der Waals surface area (Å²) in [4.78, 5) is 12.7. The Balaban J connectivity index is 3.17. The van der Waals surface area contributed by atoms with Crippen molar-refractivity contribution in [1.29, 1.82) is 0 Å². The summed E-state index contributed by atoms with van der Waals surface area (Å²) < 4.78 is 0.986. The molecule has 0 fully saturated rings. The molecule has 10 heavy (non-hydrogen) atoms. The van der Waals surface area contributed by atoms with E-state index in [1.165, 1.54) is 7.05 Å². The van der Waals surface area contributed by atoms with E-state index in [0.29, 0.717) is 0 Å². The molecule has 6 nitrogen and oxygen atoms in total. The molecular formula is C4H5N3O3. The molecule has 0 aliphatic carbocycles. The highest BCUT2D eigenvalue weighted by Crippen LogP contribution is 2.14. The van der Waals surface area contributed by atoms with Gasteiger partial charge in [-0.15, -0.1) is 0 Å². The minimum Gasteiger partial charge on any atom is -0.481 e. The van der Waals surface area contributed by atoms with Gasteiger partial charge in [-0.2, -0.15) is 4.57 Å². The second-order valence-electron chi connectivity index (χ2n) is 1.73. The SMILES string of the molecule is Cn1c(O)cnc1[N+](=O)[O-]. The molecular weight excluding hydrogens is 138 g/mol. The van der Waals surface area contributed by atoms with Gasteiger partial charge in [0.25, 0.3) is 5.88 Å². The van der Waals surface area contributed by atoms with Crippen molar-refractivity contribution in [2.45, 2.75) is 0 Å². The third kappa shape index (κ3) is 0.790. The molecule has 0 aromatic carbocycles. The van der Waals surface area contributed by atoms with Gasteiger partial charge >= 0.3 is 5.95 Å². The van der Waals surface area contributed by atoms with Crippen molar-refractivity contribution in [3.8, 4) is 5.88 Å². The molecule has 0 bridgehead atoms. The maximum absolute atomic E-state index is 10.0. The minimum atomic E-state index is -0.667. The van der Waals surface area contributed by atoms with E-state index in [4.69, 9.17) is 5.11 Å². The second kappa shape index (κ2) is 1.98. The molecule has 6 heteroatoms. The van der Waals surface area contributed by atoms with Gasteiger partial charge in [0, 0.05) is 0 Å². The zero-order chi connectivity index (χ0) is 7.72. The highest BCUT2D eigenvalue weighted by atomic mass is 16.6. The summed E-state index contributed by atoms with van der Waals surface area (Å²) in [7, 11) is 1.36. The molecule has 1 rings (SSSR count). The van der Waals surface area contributed by atoms with E-state index in [1.54, 1.807) is 0 Å². The van der Waals surface area contributed by atoms with E-state index < -0.39 is 4.92 Å². The first kappa shape index (κ1) is 6.53. The van der Waals surface area contributed by atoms with Crippen LogP contribution in [0.1, 0.15) is 0 Å². The normalized spacial score (nSPS) is 9.70. The molecule has 0 unspecified atom stereocenters. The average Bonchev–Trinajstić information content (AvgIpc) is 2.14. The molecule has 1 aromatic heterocycles. The Morgan fingerprint density at radius 1 is 1.90 bits per heavy atom. The van der Waals surface area contributed by atoms with E-state index >= 15 is 0 Å². The molecule has 1 aromatic rings. The standard InChI is InChI=1S/C4H5N3O3/c1-6-3(8)2-5-4(6)7(9)10/h2,8H,1H3. The summed E-state index contributed by atoms with van der Waals surface area (Å²) in [5, 5.41) is 18.8. The number of aromatic hydroxyl groups is 1. The Morgan fingerprint density at radius 2 is 2.50 bits per heavy atom. The van der Waals surface area contributed by atoms with Crippen LogP contribution in [0, 0.1) is 10.1 Å². The average molecular weight is 143 g/mol. The second-order valence-corrected chi connectivity index (χ2v) is 1.73. The van der Waals surface area contributed by atoms with Crippen molar-refractivity contribution < 1.29 is 10.0 Å². The van der Waals surface area contributed by atoms with Crippen molar-refractivity contribution in [3.05, 3.63) is 16.3 Å². The fourth-order valence-electron chi connectivity index (χ4n) is 0.561. The van der Waals surface area contributed by atoms with Crippen molar-refractivity contribution in [2.24, 2.45) is 7.05 Å². The lowest BCUT2D eigenvalue weighted by Crippen LogP contribution is -1.97. The van der Waals surface area contributed by atoms with Crippen molar-refractivity contribution >= 4 is 5.95 Å². The summed E-state index contributed by atoms with van der Waals surface area (Å²) in [6.45, 7) is 0. The zero-order valence-corrected chi connectivity index (χ0v) is 5.18. The van der Waals surface area contributed by atoms with Gasteiger partial charge in [-0.25, -0.2) is 0 Å². The van der Waals surface area contributed by atoms with Gasteiger partial charge in [0.15, 0.2) is 6.20 Å². The fourth-order valence-corrected chi connectivity index (χ4v) is 0.561. The van der Waals surface area contributed by atoms with Crippen LogP contribution in [0.2, 0.25) is 0 Å². The van der Waals surface area contributed by atoms with Gasteiger partial charge in [-0.1, -0.05) is 4.98 Å². The maximum Gasteiger partial charge on any atom is 0.437 e. The van der Waals surface area contributed by atoms with Gasteiger partial charge in [-0.05, 0) is 4.92 Å². The smallest absolute Gasteiger partial charge is 0.437 e. The lowest BCUT2D eigenvalue weighted by atomic mass is 10.8. The Bertz CT molecular complexity index is 267. The Hall–Kier alpha value is -1.59. The molecule has 0 aliphatic heterocycles. The lowest BCUT2D eigenvalue weighted by Gasteiger charge is -1.92. The van der Waals surface area contributed by atoms with E-state index in [1.807, 2.05) is 0 Å². The first-order chi connectivity index (χ1) is 4.63. The van der Waals surface area contributed by atoms with Crippen molar-refractivity contribution in [1.82, 2.24) is 9.55 Å². The van der Waals surface area contributed by atoms with Gasteiger partial charge in [0.05, 0.1) is 7.05 Å². The van der Waals surface area contributed by atoms with Crippen molar-refractivity contribution in [3.63, 3.8) is 0 Å². The molecule has 54 valence electrons. The first-order valence-corrected chi connectivity index (χ1v) is 2.48. The largest absolute Gasteiger partial charge is 0.481 e. The van der Waals surface area contributed by atoms with Gasteiger partial charge < -0.3 is 15.2 Å². The maximum atomic E-state index is 10.0. The molecule has 0 saturated carbocycles. The number of nitro groups is 1. The summed E-state index contributed by atoms with van der Waals surface area (Å²) in [6.07, 6.45) is 1.03. The first-order valence-electron chi connectivity index (χ1n) is 2.48. The van der Waals surface area contributed by atoms with Gasteiger partial charge in [0.1, 0.15) is 0 Å². The number of hydrogen-bond acceptors (Lipinski definition) is 4. The summed E-state index contributed by atoms with van der Waals surface area (Å²) in [5.74, 6) is -0.579. The molecule has 0 radical (unpaired) electrons. The summed E-state index contributed by atoms with van der Waals surface area (Å²) in [6, 6.07) is 0. The molecule has 0 atom stereocenters. The molecule has 0 saturated heterocycles. The Labute approximate surface area is 55.9 Å². The van der Waals surface area contributed by atoms with Crippen LogP contribution in [0.25, 0.3) is 0 Å². The summed E-state index contributed by atoms with van der Waals surface area (Å²) in [5.41, 5.74) is 0. The summed E-state index contributed by atoms with van der Waals surface area (Å²) >= 11 is 0. The van der Waals surface area contributed by atoms with Crippen LogP contribution in [-0.4, -0.2) is 19.6 Å². The predicted octanol–water partition coefficient (Wildman–Crippen LogP) is 0.0339. The highest BCUT2D eigenvalue weighted by molar-refractivity contribution is 5.17. The van der Waals surface area contributed by atoms with Crippen LogP contribution in [-0.2, 0) is 7.05 Å². The van der Waals surface area contributed by atoms with E-state index in [9.17, 15) is 10.1 Å². The van der Waals surface area contributed by atoms with E-state index in [0.717, 1.165) is 10.8 Å². The fraction of sp³-hybridized carbons (Fsp3) is 0.250. The van der Waals surface area contributed by atoms with Crippen LogP contribution in [0.4, 0.5) is 5.95 Å². The third-order valence-electron chi connectivity index (χ3n) is 1.10. The lowest BCUT2D eigenvalue weighted by molar-refractivity contribution is -0.396. The van der Waals surface area contributed by atoms with Crippen LogP contribution in [0.5, 0.6) is 5.88 Å². The Kier molecular flexibility index (Phi) is 1.29. The molecule has 0 aliphatic rings. The number of imidazole rings is 1. The topological polar surface area (TPSA) is 81.2 Å². The van der Waals surface area contributed by atoms with Crippen LogP contribution in [0.15, 0.2) is 6.20 Å². The monoisotopic (exact) mass is 143 g/mol. The zero-order valence-electron chi connectivity index (χ0n) is 5.18. The van der Waals surface area contributed by atoms with Gasteiger partial charge in [0.2, 0.25) is 0 Å². The molecule has 0 spiro atoms. The number of nitrogens with zero attached hydrogens (tertiary/aromatic N) is 3. The van der Waals surface area contributed by atoms with E-state index in [-0.39, 0.29) is 11.8 Å². The number of rotatable bonds is 1. The molecule has 0 amide bonds. The van der Waals surface area contributed by atoms with Crippen LogP contribution in [0.3, 0.4) is 0 Å². The predicted molar refractivity (Wildman–Crippen MR) is 31.5 cm³/mol. The van der Waals surface area contributed by atoms with Crippen LogP contribution < -0.4 is 0 Å². The van der Waals surface area contributed by atoms with E-state index in [2.05, 4.69) is 4.98 Å². The highest BCUT2D eigenvalue weighted by Gasteiger charge is 2.15. The van der Waals surface area contributed by atoms with Crippen LogP contribution >= 0.6 is 0 Å². The number of hydrogen-bond donors (Lipinski definition) is 1. The third-order valence-corrected chi connectivity index (χ3v) is 1.10. The molecule has 1 N–H and O–H groups in total.